The average Bonchev–Trinajstić information content (AvgIpc) is 2.68. The first kappa shape index (κ1) is 14.6. The topological polar surface area (TPSA) is 52.6 Å². The van der Waals surface area contributed by atoms with Crippen LogP contribution in [0.1, 0.15) is 46.8 Å². The molecular weight excluding hydrogens is 256 g/mol. The Balaban J connectivity index is 2.45. The van der Waals surface area contributed by atoms with Gasteiger partial charge in [0, 0.05) is 5.56 Å². The van der Waals surface area contributed by atoms with Gasteiger partial charge in [0.2, 0.25) is 0 Å². The van der Waals surface area contributed by atoms with Gasteiger partial charge in [-0.05, 0) is 62.8 Å². The summed E-state index contributed by atoms with van der Waals surface area (Å²) in [6.07, 6.45) is 2.92. The number of hydrogen-bond donors (Lipinski definition) is 0. The molecule has 108 valence electrons. The van der Waals surface area contributed by atoms with E-state index in [4.69, 9.17) is 9.47 Å². The number of carbonyl (C=O) groups excluding carboxylic acids is 2. The van der Waals surface area contributed by atoms with Crippen molar-refractivity contribution in [3.05, 3.63) is 28.3 Å². The average molecular weight is 276 g/mol. The molecule has 0 fully saturated rings. The number of hydrogen-bond acceptors (Lipinski definition) is 4. The van der Waals surface area contributed by atoms with Crippen LogP contribution in [0.25, 0.3) is 0 Å². The molecular formula is C16H20O4. The number of aryl methyl sites for hydroxylation is 1. The van der Waals surface area contributed by atoms with Crippen molar-refractivity contribution in [2.45, 2.75) is 40.0 Å². The molecule has 0 aliphatic carbocycles. The molecule has 1 aliphatic heterocycles. The van der Waals surface area contributed by atoms with E-state index in [1.807, 2.05) is 13.8 Å². The molecule has 0 N–H and O–H groups in total. The molecule has 0 saturated heterocycles. The Bertz CT molecular complexity index is 546. The van der Waals surface area contributed by atoms with Crippen LogP contribution in [0.3, 0.4) is 0 Å². The number of Topliss-reactive ketones (excluding diaryl/α,β-unsaturated/α-hetero) is 1. The minimum atomic E-state index is -0.788. The number of carbonyl (C=O) groups is 2. The first-order chi connectivity index (χ1) is 9.56. The van der Waals surface area contributed by atoms with E-state index in [9.17, 15) is 9.59 Å². The second kappa shape index (κ2) is 6.07. The van der Waals surface area contributed by atoms with Crippen LogP contribution in [0.5, 0.6) is 5.75 Å². The van der Waals surface area contributed by atoms with Crippen LogP contribution in [0, 0.1) is 13.8 Å². The van der Waals surface area contributed by atoms with Gasteiger partial charge < -0.3 is 9.47 Å². The van der Waals surface area contributed by atoms with Crippen molar-refractivity contribution in [2.75, 3.05) is 13.2 Å². The standard InChI is InChI=1S/C16H20O4/c1-4-19-16(18)14(17)13-9-10(2)15-12(11(13)3)7-5-6-8-20-15/h9H,4-8H2,1-3H3. The molecule has 20 heavy (non-hydrogen) atoms. The Morgan fingerprint density at radius 1 is 1.30 bits per heavy atom. The van der Waals surface area contributed by atoms with Gasteiger partial charge in [0.15, 0.2) is 0 Å². The molecule has 4 nitrogen and oxygen atoms in total. The van der Waals surface area contributed by atoms with Crippen molar-refractivity contribution in [3.8, 4) is 5.75 Å². The van der Waals surface area contributed by atoms with E-state index < -0.39 is 11.8 Å². The third-order valence-electron chi connectivity index (χ3n) is 3.62. The largest absolute Gasteiger partial charge is 0.493 e. The van der Waals surface area contributed by atoms with Crippen LogP contribution in [-0.2, 0) is 16.0 Å². The number of benzene rings is 1. The molecule has 4 heteroatoms. The highest BCUT2D eigenvalue weighted by Gasteiger charge is 2.24. The predicted molar refractivity (Wildman–Crippen MR) is 75.3 cm³/mol. The molecule has 2 rings (SSSR count). The summed E-state index contributed by atoms with van der Waals surface area (Å²) in [5.41, 5.74) is 3.23. The fourth-order valence-corrected chi connectivity index (χ4v) is 2.58. The van der Waals surface area contributed by atoms with Gasteiger partial charge in [-0.25, -0.2) is 4.79 Å². The Morgan fingerprint density at radius 2 is 2.05 bits per heavy atom. The molecule has 1 heterocycles. The van der Waals surface area contributed by atoms with Gasteiger partial charge >= 0.3 is 5.97 Å². The van der Waals surface area contributed by atoms with Crippen molar-refractivity contribution in [3.63, 3.8) is 0 Å². The van der Waals surface area contributed by atoms with Gasteiger partial charge in [-0.3, -0.25) is 4.79 Å². The highest BCUT2D eigenvalue weighted by Crippen LogP contribution is 2.33. The molecule has 0 radical (unpaired) electrons. The number of ether oxygens (including phenoxy) is 2. The van der Waals surface area contributed by atoms with Crippen molar-refractivity contribution in [1.82, 2.24) is 0 Å². The first-order valence-electron chi connectivity index (χ1n) is 7.03. The maximum Gasteiger partial charge on any atom is 0.379 e. The molecule has 0 atom stereocenters. The van der Waals surface area contributed by atoms with Crippen LogP contribution in [0.2, 0.25) is 0 Å². The Kier molecular flexibility index (Phi) is 4.42. The smallest absolute Gasteiger partial charge is 0.379 e. The lowest BCUT2D eigenvalue weighted by molar-refractivity contribution is -0.137. The van der Waals surface area contributed by atoms with Crippen molar-refractivity contribution in [1.29, 1.82) is 0 Å². The van der Waals surface area contributed by atoms with Crippen LogP contribution < -0.4 is 4.74 Å². The summed E-state index contributed by atoms with van der Waals surface area (Å²) in [4.78, 5) is 23.8. The second-order valence-corrected chi connectivity index (χ2v) is 5.03. The summed E-state index contributed by atoms with van der Waals surface area (Å²) < 4.78 is 10.6. The molecule has 0 bridgehead atoms. The van der Waals surface area contributed by atoms with E-state index in [2.05, 4.69) is 0 Å². The third kappa shape index (κ3) is 2.69. The summed E-state index contributed by atoms with van der Waals surface area (Å²) in [6, 6.07) is 1.73. The zero-order valence-corrected chi connectivity index (χ0v) is 12.2. The van der Waals surface area contributed by atoms with Crippen LogP contribution in [-0.4, -0.2) is 25.0 Å². The van der Waals surface area contributed by atoms with Crippen LogP contribution >= 0.6 is 0 Å². The van der Waals surface area contributed by atoms with E-state index in [1.165, 1.54) is 0 Å². The SMILES string of the molecule is CCOC(=O)C(=O)c1cc(C)c2c(c1C)CCCCO2. The lowest BCUT2D eigenvalue weighted by Gasteiger charge is -2.16. The quantitative estimate of drug-likeness (QED) is 0.484. The van der Waals surface area contributed by atoms with E-state index in [0.717, 1.165) is 41.7 Å². The number of fused-ring (bicyclic) bond motifs is 1. The molecule has 1 aliphatic rings. The fourth-order valence-electron chi connectivity index (χ4n) is 2.58. The third-order valence-corrected chi connectivity index (χ3v) is 3.62. The number of esters is 1. The fraction of sp³-hybridized carbons (Fsp3) is 0.500. The maximum atomic E-state index is 12.2. The Labute approximate surface area is 119 Å². The van der Waals surface area contributed by atoms with Gasteiger partial charge in [-0.15, -0.1) is 0 Å². The summed E-state index contributed by atoms with van der Waals surface area (Å²) in [5.74, 6) is -0.482. The Hall–Kier alpha value is -1.84. The summed E-state index contributed by atoms with van der Waals surface area (Å²) >= 11 is 0. The molecule has 1 aromatic rings. The first-order valence-corrected chi connectivity index (χ1v) is 7.03. The minimum absolute atomic E-state index is 0.205. The van der Waals surface area contributed by atoms with Crippen molar-refractivity contribution >= 4 is 11.8 Å². The molecule has 0 unspecified atom stereocenters. The van der Waals surface area contributed by atoms with Crippen molar-refractivity contribution in [2.24, 2.45) is 0 Å². The summed E-state index contributed by atoms with van der Waals surface area (Å²) in [7, 11) is 0. The van der Waals surface area contributed by atoms with Crippen molar-refractivity contribution < 1.29 is 19.1 Å². The molecule has 1 aromatic carbocycles. The van der Waals surface area contributed by atoms with Crippen LogP contribution in [0.15, 0.2) is 6.07 Å². The van der Waals surface area contributed by atoms with E-state index in [1.54, 1.807) is 13.0 Å². The van der Waals surface area contributed by atoms with Gasteiger partial charge in [0.1, 0.15) is 5.75 Å². The van der Waals surface area contributed by atoms with Crippen LogP contribution in [0.4, 0.5) is 0 Å². The number of rotatable bonds is 3. The minimum Gasteiger partial charge on any atom is -0.493 e. The summed E-state index contributed by atoms with van der Waals surface area (Å²) in [5, 5.41) is 0. The molecule has 0 aromatic heterocycles. The monoisotopic (exact) mass is 276 g/mol. The lowest BCUT2D eigenvalue weighted by atomic mass is 9.93. The molecule has 0 amide bonds. The highest BCUT2D eigenvalue weighted by molar-refractivity contribution is 6.41. The van der Waals surface area contributed by atoms with E-state index in [-0.39, 0.29) is 6.61 Å². The predicted octanol–water partition coefficient (Wildman–Crippen LogP) is 2.76. The summed E-state index contributed by atoms with van der Waals surface area (Å²) in [6.45, 7) is 6.38. The van der Waals surface area contributed by atoms with E-state index in [0.29, 0.717) is 12.2 Å². The van der Waals surface area contributed by atoms with Gasteiger partial charge in [0.05, 0.1) is 13.2 Å². The number of ketones is 1. The molecule has 0 spiro atoms. The Morgan fingerprint density at radius 3 is 2.75 bits per heavy atom. The van der Waals surface area contributed by atoms with Gasteiger partial charge in [-0.2, -0.15) is 0 Å². The van der Waals surface area contributed by atoms with Gasteiger partial charge in [-0.1, -0.05) is 0 Å². The molecule has 0 saturated carbocycles. The normalized spacial score (nSPS) is 13.9. The zero-order chi connectivity index (χ0) is 14.7. The highest BCUT2D eigenvalue weighted by atomic mass is 16.5. The maximum absolute atomic E-state index is 12.2. The second-order valence-electron chi connectivity index (χ2n) is 5.03. The zero-order valence-electron chi connectivity index (χ0n) is 12.2. The van der Waals surface area contributed by atoms with E-state index >= 15 is 0 Å². The van der Waals surface area contributed by atoms with Gasteiger partial charge in [0.25, 0.3) is 5.78 Å². The lowest BCUT2D eigenvalue weighted by Crippen LogP contribution is -2.19.